The summed E-state index contributed by atoms with van der Waals surface area (Å²) < 4.78 is 6.70. The van der Waals surface area contributed by atoms with E-state index in [-0.39, 0.29) is 0 Å². The van der Waals surface area contributed by atoms with Gasteiger partial charge in [-0.25, -0.2) is 4.98 Å². The predicted molar refractivity (Wildman–Crippen MR) is 97.1 cm³/mol. The summed E-state index contributed by atoms with van der Waals surface area (Å²) in [4.78, 5) is 29.6. The van der Waals surface area contributed by atoms with Crippen molar-refractivity contribution in [1.29, 1.82) is 0 Å². The zero-order valence-electron chi connectivity index (χ0n) is 13.6. The molecule has 1 aromatic heterocycles. The van der Waals surface area contributed by atoms with Crippen molar-refractivity contribution in [2.75, 3.05) is 10.6 Å². The van der Waals surface area contributed by atoms with Crippen LogP contribution in [0, 0.1) is 6.92 Å². The average Bonchev–Trinajstić information content (AvgIpc) is 2.95. The highest BCUT2D eigenvalue weighted by Crippen LogP contribution is 2.34. The summed E-state index contributed by atoms with van der Waals surface area (Å²) in [5.41, 5.74) is 0.386. The largest absolute Gasteiger partial charge is 0.466 e. The number of carbonyl (C=O) groups is 2. The monoisotopic (exact) mass is 353 g/mol. The quantitative estimate of drug-likeness (QED) is 0.693. The molecule has 25 heavy (non-hydrogen) atoms. The van der Waals surface area contributed by atoms with Crippen LogP contribution in [0.1, 0.15) is 11.9 Å². The molecule has 1 aliphatic rings. The van der Waals surface area contributed by atoms with Gasteiger partial charge in [-0.15, -0.1) is 11.3 Å². The number of amides is 2. The number of hydrogen-bond acceptors (Lipinski definition) is 5. The molecule has 0 aliphatic carbocycles. The molecule has 1 unspecified atom stereocenters. The Morgan fingerprint density at radius 3 is 2.92 bits per heavy atom. The van der Waals surface area contributed by atoms with E-state index in [1.807, 2.05) is 19.1 Å². The summed E-state index contributed by atoms with van der Waals surface area (Å²) in [7, 11) is 0. The number of aryl methyl sites for hydroxylation is 1. The van der Waals surface area contributed by atoms with Crippen LogP contribution in [0.2, 0.25) is 0 Å². The second-order valence-corrected chi connectivity index (χ2v) is 7.19. The summed E-state index contributed by atoms with van der Waals surface area (Å²) >= 11 is 1.55. The smallest absolute Gasteiger partial charge is 0.278 e. The first-order valence-electron chi connectivity index (χ1n) is 7.74. The predicted octanol–water partition coefficient (Wildman–Crippen LogP) is 3.33. The lowest BCUT2D eigenvalue weighted by atomic mass is 10.0. The van der Waals surface area contributed by atoms with Crippen LogP contribution in [0.4, 0.5) is 11.4 Å². The van der Waals surface area contributed by atoms with Crippen LogP contribution in [-0.2, 0) is 9.59 Å². The maximum atomic E-state index is 12.7. The molecule has 6 nitrogen and oxygen atoms in total. The lowest BCUT2D eigenvalue weighted by molar-refractivity contribution is -0.143. The number of nitrogens with zero attached hydrogens (tertiary/aromatic N) is 1. The number of nitrogens with one attached hydrogen (secondary N) is 2. The minimum atomic E-state index is -1.65. The third-order valence-corrected chi connectivity index (χ3v) is 5.00. The van der Waals surface area contributed by atoms with Crippen molar-refractivity contribution >= 4 is 44.7 Å². The van der Waals surface area contributed by atoms with Gasteiger partial charge < -0.3 is 15.4 Å². The third kappa shape index (κ3) is 2.62. The molecule has 126 valence electrons. The Morgan fingerprint density at radius 2 is 2.08 bits per heavy atom. The Labute approximate surface area is 147 Å². The molecule has 2 heterocycles. The Hall–Kier alpha value is -2.93. The van der Waals surface area contributed by atoms with Crippen LogP contribution < -0.4 is 15.4 Å². The highest BCUT2D eigenvalue weighted by molar-refractivity contribution is 7.18. The first-order chi connectivity index (χ1) is 12.0. The number of aromatic nitrogens is 1. The molecule has 0 spiro atoms. The number of ether oxygens (including phenoxy) is 1. The summed E-state index contributed by atoms with van der Waals surface area (Å²) in [5, 5.41) is 6.44. The van der Waals surface area contributed by atoms with Crippen molar-refractivity contribution in [3.8, 4) is 5.75 Å². The molecule has 4 rings (SSSR count). The Bertz CT molecular complexity index is 1010. The lowest BCUT2D eigenvalue weighted by Gasteiger charge is -2.33. The van der Waals surface area contributed by atoms with Gasteiger partial charge in [0.2, 0.25) is 0 Å². The summed E-state index contributed by atoms with van der Waals surface area (Å²) in [6.07, 6.45) is 0. The minimum Gasteiger partial charge on any atom is -0.466 e. The number of thiazole rings is 1. The zero-order valence-corrected chi connectivity index (χ0v) is 14.4. The van der Waals surface area contributed by atoms with E-state index in [1.165, 1.54) is 6.92 Å². The SMILES string of the molecule is Cc1nc2ccc(NC(=O)C3(C)Oc4ccccc4NC3=O)cc2s1. The number of anilines is 2. The fraction of sp³-hybridized carbons (Fsp3) is 0.167. The molecule has 0 saturated carbocycles. The molecule has 2 amide bonds. The Balaban J connectivity index is 1.62. The lowest BCUT2D eigenvalue weighted by Crippen LogP contribution is -2.56. The van der Waals surface area contributed by atoms with Crippen molar-refractivity contribution in [2.45, 2.75) is 19.4 Å². The molecule has 2 aromatic carbocycles. The van der Waals surface area contributed by atoms with Crippen molar-refractivity contribution in [3.05, 3.63) is 47.5 Å². The third-order valence-electron chi connectivity index (χ3n) is 4.07. The van der Waals surface area contributed by atoms with Crippen molar-refractivity contribution in [1.82, 2.24) is 4.98 Å². The van der Waals surface area contributed by atoms with E-state index in [1.54, 1.807) is 41.7 Å². The van der Waals surface area contributed by atoms with Crippen LogP contribution in [0.15, 0.2) is 42.5 Å². The van der Waals surface area contributed by atoms with E-state index in [0.29, 0.717) is 17.1 Å². The van der Waals surface area contributed by atoms with E-state index in [2.05, 4.69) is 15.6 Å². The fourth-order valence-electron chi connectivity index (χ4n) is 2.68. The molecule has 0 fully saturated rings. The van der Waals surface area contributed by atoms with Crippen LogP contribution in [0.5, 0.6) is 5.75 Å². The number of fused-ring (bicyclic) bond motifs is 2. The molecule has 1 aliphatic heterocycles. The number of para-hydroxylation sites is 2. The first kappa shape index (κ1) is 15.6. The number of benzene rings is 2. The maximum Gasteiger partial charge on any atom is 0.278 e. The van der Waals surface area contributed by atoms with Gasteiger partial charge in [-0.05, 0) is 44.2 Å². The molecule has 2 N–H and O–H groups in total. The van der Waals surface area contributed by atoms with Gasteiger partial charge in [-0.3, -0.25) is 9.59 Å². The van der Waals surface area contributed by atoms with Gasteiger partial charge in [0.05, 0.1) is 20.9 Å². The molecule has 0 saturated heterocycles. The number of rotatable bonds is 2. The Kier molecular flexibility index (Phi) is 3.47. The number of hydrogen-bond donors (Lipinski definition) is 2. The van der Waals surface area contributed by atoms with Crippen LogP contribution in [-0.4, -0.2) is 22.4 Å². The second kappa shape index (κ2) is 5.56. The van der Waals surface area contributed by atoms with E-state index in [0.717, 1.165) is 15.2 Å². The molecule has 0 bridgehead atoms. The zero-order chi connectivity index (χ0) is 17.6. The summed E-state index contributed by atoms with van der Waals surface area (Å²) in [6, 6.07) is 12.5. The number of carbonyl (C=O) groups excluding carboxylic acids is 2. The summed E-state index contributed by atoms with van der Waals surface area (Å²) in [5.74, 6) is -0.563. The van der Waals surface area contributed by atoms with E-state index in [9.17, 15) is 9.59 Å². The first-order valence-corrected chi connectivity index (χ1v) is 8.55. The molecule has 7 heteroatoms. The van der Waals surface area contributed by atoms with Gasteiger partial charge in [-0.1, -0.05) is 12.1 Å². The van der Waals surface area contributed by atoms with Gasteiger partial charge in [0.15, 0.2) is 0 Å². The molecule has 0 radical (unpaired) electrons. The molecular weight excluding hydrogens is 338 g/mol. The molecule has 1 atom stereocenters. The molecule has 3 aromatic rings. The van der Waals surface area contributed by atoms with Crippen molar-refractivity contribution in [3.63, 3.8) is 0 Å². The normalized spacial score (nSPS) is 19.0. The van der Waals surface area contributed by atoms with Crippen molar-refractivity contribution < 1.29 is 14.3 Å². The highest BCUT2D eigenvalue weighted by atomic mass is 32.1. The molecular formula is C18H15N3O3S. The van der Waals surface area contributed by atoms with E-state index >= 15 is 0 Å². The fourth-order valence-corrected chi connectivity index (χ4v) is 3.55. The summed E-state index contributed by atoms with van der Waals surface area (Å²) in [6.45, 7) is 3.39. The van der Waals surface area contributed by atoms with Gasteiger partial charge in [-0.2, -0.15) is 0 Å². The van der Waals surface area contributed by atoms with Gasteiger partial charge in [0.1, 0.15) is 5.75 Å². The minimum absolute atomic E-state index is 0.466. The Morgan fingerprint density at radius 1 is 1.28 bits per heavy atom. The van der Waals surface area contributed by atoms with E-state index < -0.39 is 17.4 Å². The standard InChI is InChI=1S/C18H15N3O3S/c1-10-19-13-8-7-11(9-15(13)25-10)20-16(22)18(2)17(23)21-12-5-3-4-6-14(12)24-18/h3-9H,1-2H3,(H,20,22)(H,21,23). The van der Waals surface area contributed by atoms with Crippen molar-refractivity contribution in [2.24, 2.45) is 0 Å². The van der Waals surface area contributed by atoms with Gasteiger partial charge in [0, 0.05) is 5.69 Å². The van der Waals surface area contributed by atoms with Gasteiger partial charge in [0.25, 0.3) is 17.4 Å². The van der Waals surface area contributed by atoms with E-state index in [4.69, 9.17) is 4.74 Å². The van der Waals surface area contributed by atoms with Crippen LogP contribution >= 0.6 is 11.3 Å². The van der Waals surface area contributed by atoms with Crippen LogP contribution in [0.25, 0.3) is 10.2 Å². The highest BCUT2D eigenvalue weighted by Gasteiger charge is 2.47. The average molecular weight is 353 g/mol. The second-order valence-electron chi connectivity index (χ2n) is 5.96. The topological polar surface area (TPSA) is 80.3 Å². The van der Waals surface area contributed by atoms with Gasteiger partial charge >= 0.3 is 0 Å². The van der Waals surface area contributed by atoms with Crippen LogP contribution in [0.3, 0.4) is 0 Å². The maximum absolute atomic E-state index is 12.7.